The van der Waals surface area contributed by atoms with Gasteiger partial charge in [0.25, 0.3) is 0 Å². The predicted molar refractivity (Wildman–Crippen MR) is 71.8 cm³/mol. The maximum atomic E-state index is 12.5. The SMILES string of the molecule is CC1CCn2c(Cc3ccc(C(F)(F)F)cc3)nnc2C1. The first kappa shape index (κ1) is 14.1. The molecule has 112 valence electrons. The second kappa shape index (κ2) is 5.16. The lowest BCUT2D eigenvalue weighted by atomic mass is 10.00. The zero-order chi connectivity index (χ0) is 15.0. The largest absolute Gasteiger partial charge is 0.416 e. The molecule has 0 saturated heterocycles. The van der Waals surface area contributed by atoms with Crippen molar-refractivity contribution in [1.29, 1.82) is 0 Å². The third kappa shape index (κ3) is 2.94. The Morgan fingerprint density at radius 3 is 2.57 bits per heavy atom. The molecule has 3 nitrogen and oxygen atoms in total. The van der Waals surface area contributed by atoms with Gasteiger partial charge in [-0.2, -0.15) is 13.2 Å². The Labute approximate surface area is 120 Å². The average Bonchev–Trinajstić information content (AvgIpc) is 2.80. The Morgan fingerprint density at radius 1 is 1.19 bits per heavy atom. The number of hydrogen-bond acceptors (Lipinski definition) is 2. The second-order valence-electron chi connectivity index (χ2n) is 5.65. The van der Waals surface area contributed by atoms with Crippen LogP contribution in [0.15, 0.2) is 24.3 Å². The van der Waals surface area contributed by atoms with Crippen LogP contribution in [0.1, 0.15) is 36.1 Å². The fraction of sp³-hybridized carbons (Fsp3) is 0.467. The molecule has 1 aromatic carbocycles. The zero-order valence-electron chi connectivity index (χ0n) is 11.7. The number of benzene rings is 1. The Kier molecular flexibility index (Phi) is 3.47. The molecule has 0 N–H and O–H groups in total. The summed E-state index contributed by atoms with van der Waals surface area (Å²) in [7, 11) is 0. The van der Waals surface area contributed by atoms with Crippen molar-refractivity contribution in [2.24, 2.45) is 5.92 Å². The van der Waals surface area contributed by atoms with Gasteiger partial charge in [-0.05, 0) is 30.0 Å². The first-order valence-corrected chi connectivity index (χ1v) is 7.00. The normalized spacial score (nSPS) is 18.6. The summed E-state index contributed by atoms with van der Waals surface area (Å²) < 4.78 is 39.7. The van der Waals surface area contributed by atoms with Crippen molar-refractivity contribution < 1.29 is 13.2 Å². The second-order valence-corrected chi connectivity index (χ2v) is 5.65. The van der Waals surface area contributed by atoms with Crippen LogP contribution in [-0.4, -0.2) is 14.8 Å². The standard InChI is InChI=1S/C15H16F3N3/c1-10-6-7-21-13(8-10)19-20-14(21)9-11-2-4-12(5-3-11)15(16,17)18/h2-5,10H,6-9H2,1H3. The van der Waals surface area contributed by atoms with Crippen LogP contribution in [0.4, 0.5) is 13.2 Å². The van der Waals surface area contributed by atoms with Gasteiger partial charge in [-0.25, -0.2) is 0 Å². The number of hydrogen-bond donors (Lipinski definition) is 0. The molecule has 2 aromatic rings. The number of rotatable bonds is 2. The molecule has 0 bridgehead atoms. The van der Waals surface area contributed by atoms with E-state index in [2.05, 4.69) is 21.7 Å². The van der Waals surface area contributed by atoms with Gasteiger partial charge in [0, 0.05) is 19.4 Å². The van der Waals surface area contributed by atoms with E-state index in [1.54, 1.807) is 0 Å². The lowest BCUT2D eigenvalue weighted by molar-refractivity contribution is -0.137. The van der Waals surface area contributed by atoms with Gasteiger partial charge in [-0.1, -0.05) is 19.1 Å². The van der Waals surface area contributed by atoms with Crippen molar-refractivity contribution in [1.82, 2.24) is 14.8 Å². The molecule has 6 heteroatoms. The third-order valence-electron chi connectivity index (χ3n) is 3.92. The Hall–Kier alpha value is -1.85. The van der Waals surface area contributed by atoms with E-state index < -0.39 is 11.7 Å². The van der Waals surface area contributed by atoms with Gasteiger partial charge >= 0.3 is 6.18 Å². The highest BCUT2D eigenvalue weighted by Crippen LogP contribution is 2.29. The molecule has 1 aliphatic rings. The molecule has 21 heavy (non-hydrogen) atoms. The minimum atomic E-state index is -4.29. The maximum Gasteiger partial charge on any atom is 0.416 e. The molecular weight excluding hydrogens is 279 g/mol. The van der Waals surface area contributed by atoms with Gasteiger partial charge in [0.15, 0.2) is 0 Å². The van der Waals surface area contributed by atoms with E-state index in [-0.39, 0.29) is 0 Å². The van der Waals surface area contributed by atoms with E-state index in [1.807, 2.05) is 0 Å². The average molecular weight is 295 g/mol. The van der Waals surface area contributed by atoms with E-state index in [9.17, 15) is 13.2 Å². The number of aromatic nitrogens is 3. The molecule has 0 aliphatic carbocycles. The van der Waals surface area contributed by atoms with Gasteiger partial charge in [0.05, 0.1) is 5.56 Å². The topological polar surface area (TPSA) is 30.7 Å². The molecule has 0 amide bonds. The van der Waals surface area contributed by atoms with E-state index in [0.717, 1.165) is 48.7 Å². The van der Waals surface area contributed by atoms with Crippen LogP contribution in [-0.2, 0) is 25.6 Å². The lowest BCUT2D eigenvalue weighted by Crippen LogP contribution is -2.19. The molecule has 0 fully saturated rings. The van der Waals surface area contributed by atoms with Crippen LogP contribution in [0, 0.1) is 5.92 Å². The summed E-state index contributed by atoms with van der Waals surface area (Å²) in [6, 6.07) is 5.25. The fourth-order valence-corrected chi connectivity index (χ4v) is 2.67. The molecular formula is C15H16F3N3. The summed E-state index contributed by atoms with van der Waals surface area (Å²) in [6.07, 6.45) is -1.77. The lowest BCUT2D eigenvalue weighted by Gasteiger charge is -2.20. The van der Waals surface area contributed by atoms with Crippen molar-refractivity contribution in [3.63, 3.8) is 0 Å². The minimum absolute atomic E-state index is 0.513. The van der Waals surface area contributed by atoms with Gasteiger partial charge in [-0.3, -0.25) is 0 Å². The molecule has 1 aliphatic heterocycles. The molecule has 1 atom stereocenters. The van der Waals surface area contributed by atoms with Crippen LogP contribution in [0.2, 0.25) is 0 Å². The van der Waals surface area contributed by atoms with Crippen molar-refractivity contribution in [3.05, 3.63) is 47.0 Å². The first-order chi connectivity index (χ1) is 9.93. The Balaban J connectivity index is 1.78. The van der Waals surface area contributed by atoms with E-state index in [1.165, 1.54) is 12.1 Å². The number of halogens is 3. The van der Waals surface area contributed by atoms with Crippen LogP contribution < -0.4 is 0 Å². The van der Waals surface area contributed by atoms with Crippen molar-refractivity contribution in [2.75, 3.05) is 0 Å². The molecule has 0 radical (unpaired) electrons. The zero-order valence-corrected chi connectivity index (χ0v) is 11.7. The third-order valence-corrected chi connectivity index (χ3v) is 3.92. The van der Waals surface area contributed by atoms with Crippen LogP contribution in [0.5, 0.6) is 0 Å². The summed E-state index contributed by atoms with van der Waals surface area (Å²) in [5.74, 6) is 2.42. The van der Waals surface area contributed by atoms with E-state index in [0.29, 0.717) is 12.3 Å². The van der Waals surface area contributed by atoms with Gasteiger partial charge in [0.2, 0.25) is 0 Å². The highest BCUT2D eigenvalue weighted by Gasteiger charge is 2.30. The number of alkyl halides is 3. The number of fused-ring (bicyclic) bond motifs is 1. The van der Waals surface area contributed by atoms with E-state index in [4.69, 9.17) is 0 Å². The van der Waals surface area contributed by atoms with Crippen LogP contribution >= 0.6 is 0 Å². The van der Waals surface area contributed by atoms with Crippen molar-refractivity contribution in [2.45, 2.75) is 38.9 Å². The number of nitrogens with zero attached hydrogens (tertiary/aromatic N) is 3. The summed E-state index contributed by atoms with van der Waals surface area (Å²) in [4.78, 5) is 0. The summed E-state index contributed by atoms with van der Waals surface area (Å²) >= 11 is 0. The van der Waals surface area contributed by atoms with Crippen molar-refractivity contribution in [3.8, 4) is 0 Å². The Bertz CT molecular complexity index is 629. The Morgan fingerprint density at radius 2 is 1.90 bits per heavy atom. The molecule has 1 unspecified atom stereocenters. The maximum absolute atomic E-state index is 12.5. The highest BCUT2D eigenvalue weighted by atomic mass is 19.4. The molecule has 1 aromatic heterocycles. The molecule has 3 rings (SSSR count). The van der Waals surface area contributed by atoms with Crippen LogP contribution in [0.25, 0.3) is 0 Å². The monoisotopic (exact) mass is 295 g/mol. The smallest absolute Gasteiger partial charge is 0.315 e. The van der Waals surface area contributed by atoms with E-state index >= 15 is 0 Å². The molecule has 2 heterocycles. The van der Waals surface area contributed by atoms with Crippen molar-refractivity contribution >= 4 is 0 Å². The van der Waals surface area contributed by atoms with Gasteiger partial charge in [0.1, 0.15) is 11.6 Å². The summed E-state index contributed by atoms with van der Waals surface area (Å²) in [5.41, 5.74) is 0.195. The minimum Gasteiger partial charge on any atom is -0.315 e. The highest BCUT2D eigenvalue weighted by molar-refractivity contribution is 5.26. The molecule has 0 spiro atoms. The quantitative estimate of drug-likeness (QED) is 0.849. The molecule has 0 saturated carbocycles. The van der Waals surface area contributed by atoms with Gasteiger partial charge < -0.3 is 4.57 Å². The van der Waals surface area contributed by atoms with Crippen LogP contribution in [0.3, 0.4) is 0 Å². The summed E-state index contributed by atoms with van der Waals surface area (Å²) in [6.45, 7) is 3.08. The fourth-order valence-electron chi connectivity index (χ4n) is 2.67. The predicted octanol–water partition coefficient (Wildman–Crippen LogP) is 3.47. The van der Waals surface area contributed by atoms with Gasteiger partial charge in [-0.15, -0.1) is 10.2 Å². The first-order valence-electron chi connectivity index (χ1n) is 7.00. The summed E-state index contributed by atoms with van der Waals surface area (Å²) in [5, 5.41) is 8.38.